The zero-order valence-electron chi connectivity index (χ0n) is 11.1. The molecule has 2 rings (SSSR count). The normalized spacial score (nSPS) is 10.3. The van der Waals surface area contributed by atoms with Crippen LogP contribution in [0, 0.1) is 0 Å². The predicted molar refractivity (Wildman–Crippen MR) is 85.3 cm³/mol. The van der Waals surface area contributed by atoms with Gasteiger partial charge in [-0.2, -0.15) is 0 Å². The van der Waals surface area contributed by atoms with Crippen LogP contribution >= 0.6 is 12.2 Å². The molecule has 4 heteroatoms. The van der Waals surface area contributed by atoms with Crippen LogP contribution in [-0.2, 0) is 0 Å². The second-order valence-electron chi connectivity index (χ2n) is 4.29. The van der Waals surface area contributed by atoms with Crippen LogP contribution in [0.5, 0.6) is 0 Å². The highest BCUT2D eigenvalue weighted by Gasteiger charge is 2.14. The van der Waals surface area contributed by atoms with E-state index in [0.717, 1.165) is 11.4 Å². The first-order valence-electron chi connectivity index (χ1n) is 6.07. The number of nitrogens with one attached hydrogen (secondary N) is 1. The molecule has 0 bridgehead atoms. The molecule has 0 radical (unpaired) electrons. The van der Waals surface area contributed by atoms with E-state index in [0.29, 0.717) is 5.11 Å². The topological polar surface area (TPSA) is 18.5 Å². The fraction of sp³-hybridized carbons (Fsp3) is 0.133. The number of hydrazine groups is 1. The Labute approximate surface area is 119 Å². The lowest BCUT2D eigenvalue weighted by Gasteiger charge is -2.31. The van der Waals surface area contributed by atoms with E-state index < -0.39 is 0 Å². The summed E-state index contributed by atoms with van der Waals surface area (Å²) in [5.74, 6) is 0. The van der Waals surface area contributed by atoms with Gasteiger partial charge in [0, 0.05) is 19.8 Å². The molecule has 0 amide bonds. The summed E-state index contributed by atoms with van der Waals surface area (Å²) in [5, 5.41) is 7.78. The molecule has 3 nitrogen and oxygen atoms in total. The molecule has 0 aliphatic rings. The van der Waals surface area contributed by atoms with Crippen molar-refractivity contribution in [2.75, 3.05) is 24.4 Å². The minimum atomic E-state index is 0.641. The smallest absolute Gasteiger partial charge is 0.192 e. The van der Waals surface area contributed by atoms with Crippen molar-refractivity contribution in [3.05, 3.63) is 60.7 Å². The Morgan fingerprint density at radius 1 is 0.895 bits per heavy atom. The molecule has 0 aromatic heterocycles. The van der Waals surface area contributed by atoms with E-state index in [1.54, 1.807) is 0 Å². The molecule has 1 N–H and O–H groups in total. The number of anilines is 2. The standard InChI is InChI=1S/C15H17N3S/c1-17(2)18(14-11-7-4-8-12-14)15(19)16-13-9-5-3-6-10-13/h3-12H,1-2H3,(H,16,19). The number of hydrogen-bond donors (Lipinski definition) is 1. The van der Waals surface area contributed by atoms with Crippen LogP contribution in [0.1, 0.15) is 0 Å². The number of benzene rings is 2. The maximum atomic E-state index is 5.49. The maximum absolute atomic E-state index is 5.49. The summed E-state index contributed by atoms with van der Waals surface area (Å²) in [6, 6.07) is 20.0. The van der Waals surface area contributed by atoms with E-state index >= 15 is 0 Å². The number of hydrogen-bond acceptors (Lipinski definition) is 2. The third kappa shape index (κ3) is 3.53. The van der Waals surface area contributed by atoms with Gasteiger partial charge in [0.25, 0.3) is 0 Å². The minimum Gasteiger partial charge on any atom is -0.331 e. The summed E-state index contributed by atoms with van der Waals surface area (Å²) in [4.78, 5) is 0. The van der Waals surface area contributed by atoms with Crippen molar-refractivity contribution in [3.63, 3.8) is 0 Å². The molecule has 0 saturated carbocycles. The lowest BCUT2D eigenvalue weighted by atomic mass is 10.3. The molecular formula is C15H17N3S. The highest BCUT2D eigenvalue weighted by atomic mass is 32.1. The van der Waals surface area contributed by atoms with Gasteiger partial charge >= 0.3 is 0 Å². The van der Waals surface area contributed by atoms with E-state index in [1.165, 1.54) is 0 Å². The highest BCUT2D eigenvalue weighted by molar-refractivity contribution is 7.80. The van der Waals surface area contributed by atoms with Gasteiger partial charge in [-0.1, -0.05) is 36.4 Å². The monoisotopic (exact) mass is 271 g/mol. The summed E-state index contributed by atoms with van der Waals surface area (Å²) >= 11 is 5.49. The van der Waals surface area contributed by atoms with Gasteiger partial charge in [0.1, 0.15) is 0 Å². The van der Waals surface area contributed by atoms with Gasteiger partial charge in [0.15, 0.2) is 5.11 Å². The van der Waals surface area contributed by atoms with Crippen LogP contribution in [0.25, 0.3) is 0 Å². The van der Waals surface area contributed by atoms with Crippen LogP contribution in [0.2, 0.25) is 0 Å². The van der Waals surface area contributed by atoms with Crippen molar-refractivity contribution in [1.29, 1.82) is 0 Å². The summed E-state index contributed by atoms with van der Waals surface area (Å²) in [5.41, 5.74) is 2.01. The van der Waals surface area contributed by atoms with Crippen LogP contribution in [0.4, 0.5) is 11.4 Å². The van der Waals surface area contributed by atoms with Crippen molar-refractivity contribution >= 4 is 28.7 Å². The van der Waals surface area contributed by atoms with Crippen molar-refractivity contribution < 1.29 is 0 Å². The van der Waals surface area contributed by atoms with Crippen LogP contribution < -0.4 is 10.3 Å². The number of para-hydroxylation sites is 2. The SMILES string of the molecule is CN(C)N(C(=S)Nc1ccccc1)c1ccccc1. The zero-order chi connectivity index (χ0) is 13.7. The van der Waals surface area contributed by atoms with Gasteiger partial charge < -0.3 is 5.32 Å². The summed E-state index contributed by atoms with van der Waals surface area (Å²) < 4.78 is 0. The molecule has 2 aromatic rings. The second-order valence-corrected chi connectivity index (χ2v) is 4.68. The number of rotatable bonds is 3. The van der Waals surface area contributed by atoms with Crippen LogP contribution in [0.15, 0.2) is 60.7 Å². The van der Waals surface area contributed by atoms with Crippen LogP contribution in [0.3, 0.4) is 0 Å². The first-order chi connectivity index (χ1) is 9.18. The van der Waals surface area contributed by atoms with Crippen molar-refractivity contribution in [1.82, 2.24) is 5.01 Å². The predicted octanol–water partition coefficient (Wildman–Crippen LogP) is 3.37. The molecule has 0 atom stereocenters. The lowest BCUT2D eigenvalue weighted by Crippen LogP contribution is -2.44. The fourth-order valence-corrected chi connectivity index (χ4v) is 2.18. The average Bonchev–Trinajstić information content (AvgIpc) is 2.40. The molecule has 0 spiro atoms. The highest BCUT2D eigenvalue weighted by Crippen LogP contribution is 2.16. The quantitative estimate of drug-likeness (QED) is 0.681. The van der Waals surface area contributed by atoms with Gasteiger partial charge in [-0.15, -0.1) is 0 Å². The van der Waals surface area contributed by atoms with Crippen molar-refractivity contribution in [2.45, 2.75) is 0 Å². The third-order valence-electron chi connectivity index (χ3n) is 2.62. The van der Waals surface area contributed by atoms with E-state index in [4.69, 9.17) is 12.2 Å². The van der Waals surface area contributed by atoms with Crippen molar-refractivity contribution in [2.24, 2.45) is 0 Å². The van der Waals surface area contributed by atoms with Gasteiger partial charge in [0.05, 0.1) is 5.69 Å². The molecule has 0 unspecified atom stereocenters. The number of thiocarbonyl (C=S) groups is 1. The molecular weight excluding hydrogens is 254 g/mol. The largest absolute Gasteiger partial charge is 0.331 e. The van der Waals surface area contributed by atoms with Crippen LogP contribution in [-0.4, -0.2) is 24.2 Å². The van der Waals surface area contributed by atoms with Gasteiger partial charge in [-0.05, 0) is 36.5 Å². The first-order valence-corrected chi connectivity index (χ1v) is 6.48. The zero-order valence-corrected chi connectivity index (χ0v) is 11.9. The third-order valence-corrected chi connectivity index (χ3v) is 2.89. The summed E-state index contributed by atoms with van der Waals surface area (Å²) in [7, 11) is 3.93. The van der Waals surface area contributed by atoms with Gasteiger partial charge in [-0.25, -0.2) is 10.0 Å². The first kappa shape index (κ1) is 13.5. The fourth-order valence-electron chi connectivity index (χ4n) is 1.80. The summed E-state index contributed by atoms with van der Waals surface area (Å²) in [6.07, 6.45) is 0. The molecule has 0 heterocycles. The van der Waals surface area contributed by atoms with E-state index in [-0.39, 0.29) is 0 Å². The minimum absolute atomic E-state index is 0.641. The second kappa shape index (κ2) is 6.31. The Bertz CT molecular complexity index is 526. The molecule has 0 aliphatic carbocycles. The summed E-state index contributed by atoms with van der Waals surface area (Å²) in [6.45, 7) is 0. The average molecular weight is 271 g/mol. The van der Waals surface area contributed by atoms with Gasteiger partial charge in [0.2, 0.25) is 0 Å². The van der Waals surface area contributed by atoms with Gasteiger partial charge in [-0.3, -0.25) is 0 Å². The Morgan fingerprint density at radius 3 is 1.95 bits per heavy atom. The van der Waals surface area contributed by atoms with E-state index in [2.05, 4.69) is 5.32 Å². The molecule has 19 heavy (non-hydrogen) atoms. The Kier molecular flexibility index (Phi) is 4.49. The lowest BCUT2D eigenvalue weighted by molar-refractivity contribution is 0.431. The maximum Gasteiger partial charge on any atom is 0.192 e. The molecule has 2 aromatic carbocycles. The van der Waals surface area contributed by atoms with Crippen molar-refractivity contribution in [3.8, 4) is 0 Å². The molecule has 0 aliphatic heterocycles. The van der Waals surface area contributed by atoms with E-state index in [9.17, 15) is 0 Å². The molecule has 0 saturated heterocycles. The molecule has 98 valence electrons. The number of nitrogens with zero attached hydrogens (tertiary/aromatic N) is 2. The Morgan fingerprint density at radius 2 is 1.42 bits per heavy atom. The Balaban J connectivity index is 2.19. The van der Waals surface area contributed by atoms with E-state index in [1.807, 2.05) is 84.8 Å². The molecule has 0 fully saturated rings. The Hall–Kier alpha value is -1.91.